The van der Waals surface area contributed by atoms with E-state index in [9.17, 15) is 20.1 Å². The lowest BCUT2D eigenvalue weighted by molar-refractivity contribution is 0.0694. The summed E-state index contributed by atoms with van der Waals surface area (Å²) in [6, 6.07) is 0.943. The van der Waals surface area contributed by atoms with E-state index in [0.29, 0.717) is 6.42 Å². The zero-order valence-electron chi connectivity index (χ0n) is 9.06. The fourth-order valence-corrected chi connectivity index (χ4v) is 1.54. The lowest BCUT2D eigenvalue weighted by Crippen LogP contribution is -2.05. The van der Waals surface area contributed by atoms with Gasteiger partial charge in [-0.25, -0.2) is 4.79 Å². The van der Waals surface area contributed by atoms with Crippen molar-refractivity contribution in [1.82, 2.24) is 0 Å². The van der Waals surface area contributed by atoms with E-state index in [2.05, 4.69) is 0 Å². The molecule has 0 aliphatic carbocycles. The van der Waals surface area contributed by atoms with Crippen LogP contribution in [0, 0.1) is 0 Å². The van der Waals surface area contributed by atoms with Crippen molar-refractivity contribution in [2.24, 2.45) is 0 Å². The molecule has 0 spiro atoms. The van der Waals surface area contributed by atoms with Crippen LogP contribution in [0.15, 0.2) is 6.07 Å². The molecule has 0 aromatic heterocycles. The summed E-state index contributed by atoms with van der Waals surface area (Å²) in [7, 11) is 0. The second-order valence-electron chi connectivity index (χ2n) is 3.67. The Morgan fingerprint density at radius 1 is 1.31 bits per heavy atom. The zero-order chi connectivity index (χ0) is 12.5. The monoisotopic (exact) mass is 226 g/mol. The summed E-state index contributed by atoms with van der Waals surface area (Å²) in [5, 5.41) is 37.2. The fourth-order valence-electron chi connectivity index (χ4n) is 1.54. The molecule has 0 heterocycles. The van der Waals surface area contributed by atoms with E-state index in [-0.39, 0.29) is 17.0 Å². The maximum absolute atomic E-state index is 11.0. The molecule has 0 saturated carbocycles. The smallest absolute Gasteiger partial charge is 0.336 e. The summed E-state index contributed by atoms with van der Waals surface area (Å²) in [5.74, 6) is -3.35. The molecule has 1 atom stereocenters. The van der Waals surface area contributed by atoms with Crippen molar-refractivity contribution in [3.8, 4) is 17.2 Å². The van der Waals surface area contributed by atoms with E-state index < -0.39 is 23.2 Å². The van der Waals surface area contributed by atoms with E-state index in [4.69, 9.17) is 5.11 Å². The Bertz CT molecular complexity index is 425. The summed E-state index contributed by atoms with van der Waals surface area (Å²) in [4.78, 5) is 11.0. The number of carbonyl (C=O) groups is 1. The van der Waals surface area contributed by atoms with Crippen molar-refractivity contribution in [2.75, 3.05) is 0 Å². The maximum Gasteiger partial charge on any atom is 0.336 e. The third-order valence-electron chi connectivity index (χ3n) is 2.63. The van der Waals surface area contributed by atoms with Gasteiger partial charge in [-0.15, -0.1) is 0 Å². The normalized spacial score (nSPS) is 12.4. The number of carboxylic acids is 1. The quantitative estimate of drug-likeness (QED) is 0.591. The standard InChI is InChI=1S/C11H14O5/c1-3-5(2)8-6(11(15)16)4-7(12)9(13)10(8)14/h4-5,12-14H,3H2,1-2H3,(H,15,16). The van der Waals surface area contributed by atoms with E-state index in [1.54, 1.807) is 6.92 Å². The molecular weight excluding hydrogens is 212 g/mol. The van der Waals surface area contributed by atoms with Crippen molar-refractivity contribution in [1.29, 1.82) is 0 Å². The molecule has 0 fully saturated rings. The predicted octanol–water partition coefficient (Wildman–Crippen LogP) is 2.02. The lowest BCUT2D eigenvalue weighted by atomic mass is 9.92. The molecule has 5 nitrogen and oxygen atoms in total. The van der Waals surface area contributed by atoms with Gasteiger partial charge in [-0.3, -0.25) is 0 Å². The molecule has 0 radical (unpaired) electrons. The summed E-state index contributed by atoms with van der Waals surface area (Å²) >= 11 is 0. The Labute approximate surface area is 92.6 Å². The summed E-state index contributed by atoms with van der Waals surface area (Å²) in [6.45, 7) is 3.57. The third-order valence-corrected chi connectivity index (χ3v) is 2.63. The predicted molar refractivity (Wildman–Crippen MR) is 57.1 cm³/mol. The highest BCUT2D eigenvalue weighted by Crippen LogP contribution is 2.43. The van der Waals surface area contributed by atoms with Gasteiger partial charge in [-0.2, -0.15) is 0 Å². The van der Waals surface area contributed by atoms with E-state index in [1.165, 1.54) is 0 Å². The highest BCUT2D eigenvalue weighted by molar-refractivity contribution is 5.92. The first-order valence-electron chi connectivity index (χ1n) is 4.91. The Kier molecular flexibility index (Phi) is 3.27. The first-order valence-corrected chi connectivity index (χ1v) is 4.91. The Morgan fingerprint density at radius 3 is 2.31 bits per heavy atom. The largest absolute Gasteiger partial charge is 0.504 e. The average Bonchev–Trinajstić information content (AvgIpc) is 2.24. The molecule has 0 aliphatic heterocycles. The van der Waals surface area contributed by atoms with Gasteiger partial charge in [0, 0.05) is 5.56 Å². The number of rotatable bonds is 3. The number of aromatic carboxylic acids is 1. The molecular formula is C11H14O5. The van der Waals surface area contributed by atoms with Gasteiger partial charge < -0.3 is 20.4 Å². The van der Waals surface area contributed by atoms with Gasteiger partial charge in [0.1, 0.15) is 0 Å². The van der Waals surface area contributed by atoms with Crippen LogP contribution in [0.3, 0.4) is 0 Å². The highest BCUT2D eigenvalue weighted by atomic mass is 16.4. The number of phenols is 3. The molecule has 5 heteroatoms. The SMILES string of the molecule is CCC(C)c1c(C(=O)O)cc(O)c(O)c1O. The summed E-state index contributed by atoms with van der Waals surface area (Å²) in [5.41, 5.74) is -0.0487. The van der Waals surface area contributed by atoms with Gasteiger partial charge >= 0.3 is 5.97 Å². The first kappa shape index (κ1) is 12.2. The van der Waals surface area contributed by atoms with Gasteiger partial charge in [0.25, 0.3) is 0 Å². The highest BCUT2D eigenvalue weighted by Gasteiger charge is 2.23. The minimum Gasteiger partial charge on any atom is -0.504 e. The Balaban J connectivity index is 3.54. The first-order chi connectivity index (χ1) is 7.40. The van der Waals surface area contributed by atoms with Gasteiger partial charge in [-0.1, -0.05) is 13.8 Å². The lowest BCUT2D eigenvalue weighted by Gasteiger charge is -2.16. The van der Waals surface area contributed by atoms with Crippen molar-refractivity contribution in [3.63, 3.8) is 0 Å². The molecule has 16 heavy (non-hydrogen) atoms. The van der Waals surface area contributed by atoms with Crippen molar-refractivity contribution in [2.45, 2.75) is 26.2 Å². The molecule has 1 rings (SSSR count). The minimum atomic E-state index is -1.25. The Morgan fingerprint density at radius 2 is 1.88 bits per heavy atom. The number of hydrogen-bond acceptors (Lipinski definition) is 4. The van der Waals surface area contributed by atoms with E-state index >= 15 is 0 Å². The zero-order valence-corrected chi connectivity index (χ0v) is 9.06. The number of carboxylic acid groups (broad SMARTS) is 1. The molecule has 88 valence electrons. The van der Waals surface area contributed by atoms with Gasteiger partial charge in [0.05, 0.1) is 5.56 Å². The molecule has 0 aliphatic rings. The van der Waals surface area contributed by atoms with Gasteiger partial charge in [0.2, 0.25) is 5.75 Å². The number of phenolic OH excluding ortho intramolecular Hbond substituents is 3. The van der Waals surface area contributed by atoms with Crippen LogP contribution in [0.25, 0.3) is 0 Å². The molecule has 0 saturated heterocycles. The third kappa shape index (κ3) is 1.88. The maximum atomic E-state index is 11.0. The van der Waals surface area contributed by atoms with E-state index in [0.717, 1.165) is 6.07 Å². The average molecular weight is 226 g/mol. The van der Waals surface area contributed by atoms with Crippen LogP contribution in [0.1, 0.15) is 42.1 Å². The van der Waals surface area contributed by atoms with Crippen molar-refractivity contribution >= 4 is 5.97 Å². The molecule has 4 N–H and O–H groups in total. The van der Waals surface area contributed by atoms with Crippen molar-refractivity contribution < 1.29 is 25.2 Å². The van der Waals surface area contributed by atoms with E-state index in [1.807, 2.05) is 6.92 Å². The summed E-state index contributed by atoms with van der Waals surface area (Å²) in [6.07, 6.45) is 0.609. The second-order valence-corrected chi connectivity index (χ2v) is 3.67. The number of hydrogen-bond donors (Lipinski definition) is 4. The fraction of sp³-hybridized carbons (Fsp3) is 0.364. The number of aromatic hydroxyl groups is 3. The second kappa shape index (κ2) is 4.30. The van der Waals surface area contributed by atoms with Crippen LogP contribution < -0.4 is 0 Å². The van der Waals surface area contributed by atoms with Gasteiger partial charge in [-0.05, 0) is 18.4 Å². The van der Waals surface area contributed by atoms with Crippen molar-refractivity contribution in [3.05, 3.63) is 17.2 Å². The Hall–Kier alpha value is -1.91. The van der Waals surface area contributed by atoms with Crippen LogP contribution in [0.5, 0.6) is 17.2 Å². The van der Waals surface area contributed by atoms with Gasteiger partial charge in [0.15, 0.2) is 11.5 Å². The molecule has 0 amide bonds. The molecule has 1 aromatic rings. The van der Waals surface area contributed by atoms with Crippen LogP contribution >= 0.6 is 0 Å². The van der Waals surface area contributed by atoms with Crippen LogP contribution in [0.2, 0.25) is 0 Å². The van der Waals surface area contributed by atoms with Crippen LogP contribution in [0.4, 0.5) is 0 Å². The van der Waals surface area contributed by atoms with Crippen LogP contribution in [-0.2, 0) is 0 Å². The molecule has 1 aromatic carbocycles. The summed E-state index contributed by atoms with van der Waals surface area (Å²) < 4.78 is 0. The molecule has 1 unspecified atom stereocenters. The number of benzene rings is 1. The minimum absolute atomic E-state index is 0.144. The topological polar surface area (TPSA) is 98.0 Å². The van der Waals surface area contributed by atoms with Crippen LogP contribution in [-0.4, -0.2) is 26.4 Å². The molecule has 0 bridgehead atoms.